The molecule has 0 amide bonds. The maximum atomic E-state index is 12.2. The SMILES string of the molecule is O=C(O)C(C(F)(F)F)C(CF)(CF)CF. The first-order chi connectivity index (χ1) is 6.75. The molecule has 0 rings (SSSR count). The number of hydrogen-bond donors (Lipinski definition) is 1. The molecule has 0 fully saturated rings. The number of rotatable bonds is 5. The van der Waals surface area contributed by atoms with Crippen LogP contribution in [0.2, 0.25) is 0 Å². The Morgan fingerprint density at radius 1 is 1.07 bits per heavy atom. The van der Waals surface area contributed by atoms with Gasteiger partial charge in [-0.15, -0.1) is 0 Å². The molecule has 0 bridgehead atoms. The summed E-state index contributed by atoms with van der Waals surface area (Å²) in [5, 5.41) is 8.22. The molecular formula is C7H8F6O2. The molecule has 0 saturated carbocycles. The molecule has 0 heterocycles. The van der Waals surface area contributed by atoms with E-state index in [2.05, 4.69) is 0 Å². The Balaban J connectivity index is 5.29. The quantitative estimate of drug-likeness (QED) is 0.745. The van der Waals surface area contributed by atoms with E-state index in [9.17, 15) is 31.1 Å². The van der Waals surface area contributed by atoms with E-state index in [0.717, 1.165) is 0 Å². The largest absolute Gasteiger partial charge is 0.481 e. The second kappa shape index (κ2) is 4.71. The van der Waals surface area contributed by atoms with Crippen LogP contribution in [-0.2, 0) is 4.79 Å². The van der Waals surface area contributed by atoms with Gasteiger partial charge in [-0.25, -0.2) is 0 Å². The van der Waals surface area contributed by atoms with E-state index >= 15 is 0 Å². The molecule has 1 N–H and O–H groups in total. The van der Waals surface area contributed by atoms with Crippen molar-refractivity contribution in [2.75, 3.05) is 20.0 Å². The first-order valence-electron chi connectivity index (χ1n) is 3.72. The minimum absolute atomic E-state index is 2.03. The van der Waals surface area contributed by atoms with Crippen molar-refractivity contribution in [2.24, 2.45) is 11.3 Å². The molecule has 0 aromatic rings. The minimum Gasteiger partial charge on any atom is -0.481 e. The maximum Gasteiger partial charge on any atom is 0.403 e. The Bertz CT molecular complexity index is 214. The van der Waals surface area contributed by atoms with Gasteiger partial charge in [0.2, 0.25) is 0 Å². The summed E-state index contributed by atoms with van der Waals surface area (Å²) in [7, 11) is 0. The van der Waals surface area contributed by atoms with Crippen molar-refractivity contribution in [1.29, 1.82) is 0 Å². The lowest BCUT2D eigenvalue weighted by molar-refractivity contribution is -0.224. The number of carbonyl (C=O) groups is 1. The van der Waals surface area contributed by atoms with Crippen LogP contribution < -0.4 is 0 Å². The van der Waals surface area contributed by atoms with Gasteiger partial charge in [-0.1, -0.05) is 0 Å². The lowest BCUT2D eigenvalue weighted by Gasteiger charge is -2.32. The fraction of sp³-hybridized carbons (Fsp3) is 0.857. The summed E-state index contributed by atoms with van der Waals surface area (Å²) < 4.78 is 73.1. The molecule has 0 aliphatic rings. The summed E-state index contributed by atoms with van der Waals surface area (Å²) in [6, 6.07) is 0. The van der Waals surface area contributed by atoms with Crippen LogP contribution in [0.25, 0.3) is 0 Å². The Hall–Kier alpha value is -0.950. The third kappa shape index (κ3) is 2.75. The van der Waals surface area contributed by atoms with Gasteiger partial charge in [0, 0.05) is 0 Å². The van der Waals surface area contributed by atoms with Crippen LogP contribution in [0.15, 0.2) is 0 Å². The predicted molar refractivity (Wildman–Crippen MR) is 37.5 cm³/mol. The van der Waals surface area contributed by atoms with Gasteiger partial charge in [0.1, 0.15) is 20.0 Å². The average Bonchev–Trinajstić information content (AvgIpc) is 2.11. The minimum atomic E-state index is -5.39. The molecule has 0 saturated heterocycles. The molecular weight excluding hydrogens is 230 g/mol. The first kappa shape index (κ1) is 14.0. The average molecular weight is 238 g/mol. The molecule has 0 aromatic heterocycles. The molecule has 8 heteroatoms. The van der Waals surface area contributed by atoms with E-state index in [1.807, 2.05) is 0 Å². The molecule has 1 unspecified atom stereocenters. The van der Waals surface area contributed by atoms with E-state index < -0.39 is 43.5 Å². The van der Waals surface area contributed by atoms with E-state index in [1.165, 1.54) is 0 Å². The number of halogens is 6. The van der Waals surface area contributed by atoms with E-state index in [4.69, 9.17) is 5.11 Å². The monoisotopic (exact) mass is 238 g/mol. The highest BCUT2D eigenvalue weighted by Crippen LogP contribution is 2.41. The topological polar surface area (TPSA) is 37.3 Å². The summed E-state index contributed by atoms with van der Waals surface area (Å²) in [6.07, 6.45) is -5.39. The van der Waals surface area contributed by atoms with Crippen molar-refractivity contribution in [3.63, 3.8) is 0 Å². The van der Waals surface area contributed by atoms with Gasteiger partial charge in [-0.05, 0) is 0 Å². The standard InChI is InChI=1S/C7H8F6O2/c8-1-6(2-9,3-10)4(5(14)15)7(11,12)13/h4H,1-3H2,(H,14,15). The third-order valence-electron chi connectivity index (χ3n) is 1.99. The van der Waals surface area contributed by atoms with Gasteiger partial charge in [0.05, 0.1) is 5.41 Å². The highest BCUT2D eigenvalue weighted by Gasteiger charge is 2.58. The normalized spacial score (nSPS) is 15.1. The summed E-state index contributed by atoms with van der Waals surface area (Å²) in [5.41, 5.74) is -3.18. The van der Waals surface area contributed by atoms with Crippen LogP contribution in [0, 0.1) is 11.3 Å². The number of hydrogen-bond acceptors (Lipinski definition) is 1. The number of carboxylic acids is 1. The van der Waals surface area contributed by atoms with Crippen molar-refractivity contribution in [3.8, 4) is 0 Å². The predicted octanol–water partition coefficient (Wildman–Crippen LogP) is 2.14. The number of carboxylic acid groups (broad SMARTS) is 1. The molecule has 0 aliphatic carbocycles. The number of aliphatic carboxylic acids is 1. The lowest BCUT2D eigenvalue weighted by Crippen LogP contribution is -2.49. The van der Waals surface area contributed by atoms with Crippen LogP contribution in [0.5, 0.6) is 0 Å². The summed E-state index contributed by atoms with van der Waals surface area (Å²) in [5.74, 6) is -5.87. The van der Waals surface area contributed by atoms with Gasteiger partial charge >= 0.3 is 12.1 Å². The maximum absolute atomic E-state index is 12.2. The molecule has 1 atom stereocenters. The lowest BCUT2D eigenvalue weighted by atomic mass is 9.78. The van der Waals surface area contributed by atoms with Crippen LogP contribution in [0.3, 0.4) is 0 Å². The third-order valence-corrected chi connectivity index (χ3v) is 1.99. The Morgan fingerprint density at radius 3 is 1.47 bits per heavy atom. The van der Waals surface area contributed by atoms with Gasteiger partial charge in [0.15, 0.2) is 5.92 Å². The van der Waals surface area contributed by atoms with Gasteiger partial charge in [-0.3, -0.25) is 18.0 Å². The molecule has 0 aliphatic heterocycles. The summed E-state index contributed by atoms with van der Waals surface area (Å²) in [4.78, 5) is 10.2. The Labute approximate surface area is 80.9 Å². The van der Waals surface area contributed by atoms with Crippen molar-refractivity contribution in [1.82, 2.24) is 0 Å². The first-order valence-corrected chi connectivity index (χ1v) is 3.72. The second-order valence-electron chi connectivity index (χ2n) is 3.08. The zero-order chi connectivity index (χ0) is 12.3. The molecule has 2 nitrogen and oxygen atoms in total. The fourth-order valence-corrected chi connectivity index (χ4v) is 1.09. The van der Waals surface area contributed by atoms with Crippen molar-refractivity contribution >= 4 is 5.97 Å². The molecule has 0 spiro atoms. The highest BCUT2D eigenvalue weighted by molar-refractivity contribution is 5.72. The Kier molecular flexibility index (Phi) is 4.42. The van der Waals surface area contributed by atoms with E-state index in [-0.39, 0.29) is 0 Å². The Morgan fingerprint density at radius 2 is 1.40 bits per heavy atom. The van der Waals surface area contributed by atoms with E-state index in [0.29, 0.717) is 0 Å². The second-order valence-corrected chi connectivity index (χ2v) is 3.08. The van der Waals surface area contributed by atoms with Gasteiger partial charge in [0.25, 0.3) is 0 Å². The molecule has 90 valence electrons. The van der Waals surface area contributed by atoms with Crippen LogP contribution in [0.1, 0.15) is 0 Å². The number of alkyl halides is 6. The van der Waals surface area contributed by atoms with Gasteiger partial charge < -0.3 is 5.11 Å². The summed E-state index contributed by atoms with van der Waals surface area (Å²) in [6.45, 7) is -6.09. The van der Waals surface area contributed by atoms with Crippen molar-refractivity contribution < 1.29 is 36.2 Å². The zero-order valence-electron chi connectivity index (χ0n) is 7.32. The highest BCUT2D eigenvalue weighted by atomic mass is 19.4. The molecule has 0 aromatic carbocycles. The zero-order valence-corrected chi connectivity index (χ0v) is 7.32. The van der Waals surface area contributed by atoms with Crippen LogP contribution in [-0.4, -0.2) is 37.3 Å². The molecule has 0 radical (unpaired) electrons. The van der Waals surface area contributed by atoms with E-state index in [1.54, 1.807) is 0 Å². The van der Waals surface area contributed by atoms with Gasteiger partial charge in [-0.2, -0.15) is 13.2 Å². The van der Waals surface area contributed by atoms with Crippen LogP contribution >= 0.6 is 0 Å². The van der Waals surface area contributed by atoms with Crippen molar-refractivity contribution in [2.45, 2.75) is 6.18 Å². The smallest absolute Gasteiger partial charge is 0.403 e. The van der Waals surface area contributed by atoms with Crippen molar-refractivity contribution in [3.05, 3.63) is 0 Å². The van der Waals surface area contributed by atoms with Crippen LogP contribution in [0.4, 0.5) is 26.3 Å². The fourth-order valence-electron chi connectivity index (χ4n) is 1.09. The molecule has 15 heavy (non-hydrogen) atoms. The summed E-state index contributed by atoms with van der Waals surface area (Å²) >= 11 is 0.